The molecule has 3 heterocycles. The van der Waals surface area contributed by atoms with Crippen molar-refractivity contribution in [3.63, 3.8) is 0 Å². The Bertz CT molecular complexity index is 1410. The molecular formula is C30H40N6O6. The van der Waals surface area contributed by atoms with Crippen LogP contribution in [0.2, 0.25) is 0 Å². The van der Waals surface area contributed by atoms with Crippen LogP contribution in [0.5, 0.6) is 0 Å². The van der Waals surface area contributed by atoms with Gasteiger partial charge in [0, 0.05) is 18.9 Å². The summed E-state index contributed by atoms with van der Waals surface area (Å²) in [6, 6.07) is 3.39. The highest BCUT2D eigenvalue weighted by Gasteiger charge is 2.61. The molecule has 0 bridgehead atoms. The van der Waals surface area contributed by atoms with Gasteiger partial charge in [0.1, 0.15) is 34.3 Å². The minimum atomic E-state index is -1.40. The van der Waals surface area contributed by atoms with Crippen molar-refractivity contribution in [1.29, 1.82) is 0 Å². The van der Waals surface area contributed by atoms with Gasteiger partial charge < -0.3 is 25.4 Å². The number of benzene rings is 1. The molecule has 3 aliphatic rings. The zero-order chi connectivity index (χ0) is 30.2. The maximum Gasteiger partial charge on any atom is 0.408 e. The van der Waals surface area contributed by atoms with Gasteiger partial charge in [0.05, 0.1) is 6.04 Å². The fraction of sp³-hybridized carbons (Fsp3) is 0.600. The van der Waals surface area contributed by atoms with Gasteiger partial charge in [-0.15, -0.1) is 0 Å². The Hall–Kier alpha value is -3.96. The minimum absolute atomic E-state index is 0.132. The Labute approximate surface area is 244 Å². The topological polar surface area (TPSA) is 156 Å². The van der Waals surface area contributed by atoms with Gasteiger partial charge in [-0.1, -0.05) is 37.1 Å². The first kappa shape index (κ1) is 29.5. The van der Waals surface area contributed by atoms with Gasteiger partial charge in [0.25, 0.3) is 0 Å². The van der Waals surface area contributed by atoms with E-state index in [9.17, 15) is 24.3 Å². The van der Waals surface area contributed by atoms with Gasteiger partial charge in [-0.3, -0.25) is 9.59 Å². The van der Waals surface area contributed by atoms with Crippen molar-refractivity contribution in [2.75, 3.05) is 6.54 Å². The van der Waals surface area contributed by atoms with Crippen LogP contribution in [-0.2, 0) is 19.1 Å². The predicted octanol–water partition coefficient (Wildman–Crippen LogP) is 3.25. The Morgan fingerprint density at radius 2 is 1.95 bits per heavy atom. The molecule has 2 fully saturated rings. The fourth-order valence-corrected chi connectivity index (χ4v) is 5.95. The number of hydrogen-bond acceptors (Lipinski definition) is 7. The molecule has 0 spiro atoms. The number of allylic oxidation sites excluding steroid dienone is 1. The number of amides is 3. The Morgan fingerprint density at radius 1 is 1.17 bits per heavy atom. The van der Waals surface area contributed by atoms with E-state index in [0.29, 0.717) is 24.8 Å². The second-order valence-corrected chi connectivity index (χ2v) is 12.7. The van der Waals surface area contributed by atoms with Crippen molar-refractivity contribution >= 4 is 34.9 Å². The van der Waals surface area contributed by atoms with Gasteiger partial charge in [0.2, 0.25) is 11.8 Å². The summed E-state index contributed by atoms with van der Waals surface area (Å²) in [6.07, 6.45) is 7.14. The molecule has 1 saturated heterocycles. The first-order valence-electron chi connectivity index (χ1n) is 14.7. The highest BCUT2D eigenvalue weighted by atomic mass is 16.6. The van der Waals surface area contributed by atoms with Crippen molar-refractivity contribution in [3.05, 3.63) is 35.9 Å². The molecule has 12 heteroatoms. The molecule has 1 saturated carbocycles. The number of aryl methyl sites for hydroxylation is 1. The molecule has 42 heavy (non-hydrogen) atoms. The number of alkyl carbamates (subject to hydrolysis) is 1. The number of ether oxygens (including phenoxy) is 1. The second-order valence-electron chi connectivity index (χ2n) is 12.7. The highest BCUT2D eigenvalue weighted by molar-refractivity contribution is 5.96. The van der Waals surface area contributed by atoms with Gasteiger partial charge >= 0.3 is 12.1 Å². The average Bonchev–Trinajstić information content (AvgIpc) is 3.23. The molecule has 0 unspecified atom stereocenters. The van der Waals surface area contributed by atoms with Crippen molar-refractivity contribution in [3.8, 4) is 0 Å². The van der Waals surface area contributed by atoms with E-state index < -0.39 is 53.1 Å². The van der Waals surface area contributed by atoms with Crippen LogP contribution in [0.4, 0.5) is 4.79 Å². The number of carbonyl (C=O) groups excluding carboxylic acids is 3. The number of nitrogens with one attached hydrogen (secondary N) is 2. The smallest absolute Gasteiger partial charge is 0.408 e. The SMILES string of the molecule is Cc1cccc2nn([C@H]3C[C@H]4C(=O)N[C@]5(C(=O)O)C[C@H]5/C=C\CCCCC[C@H](NC(=O)OC(C)(C)C)C(=O)N4C3)nc12. The van der Waals surface area contributed by atoms with Crippen molar-refractivity contribution in [2.24, 2.45) is 5.92 Å². The number of fused-ring (bicyclic) bond motifs is 3. The number of rotatable bonds is 3. The zero-order valence-corrected chi connectivity index (χ0v) is 24.6. The number of aliphatic carboxylic acids is 1. The molecule has 226 valence electrons. The third-order valence-corrected chi connectivity index (χ3v) is 8.28. The zero-order valence-electron chi connectivity index (χ0n) is 24.6. The molecule has 3 N–H and O–H groups in total. The number of nitrogens with zero attached hydrogens (tertiary/aromatic N) is 4. The molecule has 3 amide bonds. The fourth-order valence-electron chi connectivity index (χ4n) is 5.95. The van der Waals surface area contributed by atoms with E-state index in [2.05, 4.69) is 20.8 Å². The van der Waals surface area contributed by atoms with Crippen LogP contribution in [0.1, 0.15) is 77.3 Å². The van der Waals surface area contributed by atoms with Crippen LogP contribution in [0.3, 0.4) is 0 Å². The first-order chi connectivity index (χ1) is 19.9. The molecule has 5 atom stereocenters. The average molecular weight is 581 g/mol. The van der Waals surface area contributed by atoms with Crippen LogP contribution in [0, 0.1) is 12.8 Å². The van der Waals surface area contributed by atoms with Gasteiger partial charge in [-0.25, -0.2) is 9.59 Å². The second kappa shape index (κ2) is 11.4. The molecular weight excluding hydrogens is 540 g/mol. The number of aromatic nitrogens is 3. The Morgan fingerprint density at radius 3 is 2.67 bits per heavy atom. The summed E-state index contributed by atoms with van der Waals surface area (Å²) < 4.78 is 5.44. The molecule has 5 rings (SSSR count). The van der Waals surface area contributed by atoms with E-state index in [1.807, 2.05) is 37.3 Å². The lowest BCUT2D eigenvalue weighted by Crippen LogP contribution is -2.56. The van der Waals surface area contributed by atoms with E-state index in [-0.39, 0.29) is 18.9 Å². The lowest BCUT2D eigenvalue weighted by atomic mass is 10.0. The number of carboxylic acids is 1. The van der Waals surface area contributed by atoms with Crippen LogP contribution < -0.4 is 10.6 Å². The van der Waals surface area contributed by atoms with Crippen molar-refractivity contribution < 1.29 is 29.0 Å². The lowest BCUT2D eigenvalue weighted by molar-refractivity contribution is -0.145. The molecule has 12 nitrogen and oxygen atoms in total. The largest absolute Gasteiger partial charge is 0.479 e. The minimum Gasteiger partial charge on any atom is -0.479 e. The van der Waals surface area contributed by atoms with Crippen LogP contribution in [0.25, 0.3) is 11.0 Å². The van der Waals surface area contributed by atoms with Crippen LogP contribution in [0.15, 0.2) is 30.4 Å². The van der Waals surface area contributed by atoms with Gasteiger partial charge in [0.15, 0.2) is 0 Å². The lowest BCUT2D eigenvalue weighted by Gasteiger charge is -2.30. The molecule has 2 aromatic rings. The van der Waals surface area contributed by atoms with Crippen LogP contribution >= 0.6 is 0 Å². The molecule has 2 aliphatic heterocycles. The number of carbonyl (C=O) groups is 4. The summed E-state index contributed by atoms with van der Waals surface area (Å²) in [7, 11) is 0. The third-order valence-electron chi connectivity index (χ3n) is 8.28. The monoisotopic (exact) mass is 580 g/mol. The van der Waals surface area contributed by atoms with E-state index in [0.717, 1.165) is 30.3 Å². The highest BCUT2D eigenvalue weighted by Crippen LogP contribution is 2.45. The van der Waals surface area contributed by atoms with Crippen LogP contribution in [-0.4, -0.2) is 78.6 Å². The summed E-state index contributed by atoms with van der Waals surface area (Å²) in [5.41, 5.74) is 0.248. The van der Waals surface area contributed by atoms with E-state index >= 15 is 0 Å². The maximum absolute atomic E-state index is 14.1. The summed E-state index contributed by atoms with van der Waals surface area (Å²) in [5, 5.41) is 24.9. The molecule has 0 radical (unpaired) electrons. The number of hydrogen-bond donors (Lipinski definition) is 3. The maximum atomic E-state index is 14.1. The summed E-state index contributed by atoms with van der Waals surface area (Å²) in [5.74, 6) is -2.36. The van der Waals surface area contributed by atoms with E-state index in [4.69, 9.17) is 4.74 Å². The molecule has 1 aromatic carbocycles. The standard InChI is InChI=1S/C30H40N6O6/c1-18-11-10-14-21-24(18)34-36(33-21)20-15-23-25(37)32-30(27(39)40)16-19(30)12-8-6-5-7-9-13-22(26(38)35(23)17-20)31-28(41)42-29(2,3)4/h8,10-12,14,19-20,22-23H,5-7,9,13,15-17H2,1-4H3,(H,31,41)(H,32,37)(H,39,40)/b12-8-/t19-,20+,22+,23+,30-/m1/s1. The van der Waals surface area contributed by atoms with Crippen molar-refractivity contribution in [2.45, 2.75) is 102 Å². The number of carboxylic acid groups (broad SMARTS) is 1. The summed E-state index contributed by atoms with van der Waals surface area (Å²) in [4.78, 5) is 56.0. The Kier molecular flexibility index (Phi) is 8.00. The van der Waals surface area contributed by atoms with Gasteiger partial charge in [-0.2, -0.15) is 15.0 Å². The summed E-state index contributed by atoms with van der Waals surface area (Å²) in [6.45, 7) is 7.31. The predicted molar refractivity (Wildman–Crippen MR) is 153 cm³/mol. The van der Waals surface area contributed by atoms with E-state index in [1.165, 1.54) is 4.90 Å². The Balaban J connectivity index is 1.47. The first-order valence-corrected chi connectivity index (χ1v) is 14.7. The van der Waals surface area contributed by atoms with Gasteiger partial charge in [-0.05, 0) is 65.0 Å². The third kappa shape index (κ3) is 6.12. The van der Waals surface area contributed by atoms with E-state index in [1.54, 1.807) is 25.6 Å². The molecule has 1 aliphatic carbocycles. The van der Waals surface area contributed by atoms with Crippen molar-refractivity contribution in [1.82, 2.24) is 30.5 Å². The normalized spacial score (nSPS) is 29.5. The summed E-state index contributed by atoms with van der Waals surface area (Å²) >= 11 is 0. The quantitative estimate of drug-likeness (QED) is 0.467. The molecule has 1 aromatic heterocycles.